The summed E-state index contributed by atoms with van der Waals surface area (Å²) in [7, 11) is 0. The Balaban J connectivity index is 0. The average Bonchev–Trinajstić information content (AvgIpc) is 1.38. The van der Waals surface area contributed by atoms with Crippen molar-refractivity contribution in [3.05, 3.63) is 0 Å². The number of rotatable bonds is 1. The van der Waals surface area contributed by atoms with E-state index in [1.54, 1.807) is 0 Å². The zero-order valence-corrected chi connectivity index (χ0v) is 7.25. The van der Waals surface area contributed by atoms with Crippen molar-refractivity contribution in [2.75, 3.05) is 6.61 Å². The van der Waals surface area contributed by atoms with Crippen LogP contribution in [0.3, 0.4) is 0 Å². The molecule has 3 nitrogen and oxygen atoms in total. The number of hydrogen-bond donors (Lipinski definition) is 2. The quantitative estimate of drug-likeness (QED) is 0.485. The summed E-state index contributed by atoms with van der Waals surface area (Å²) in [6, 6.07) is 0. The SMILES string of the molecule is O=C(O)CO.[SnH2]. The molecule has 0 aromatic heterocycles. The summed E-state index contributed by atoms with van der Waals surface area (Å²) in [5.41, 5.74) is 0. The molecule has 0 aromatic rings. The first-order chi connectivity index (χ1) is 2.27. The van der Waals surface area contributed by atoms with Crippen molar-refractivity contribution in [1.29, 1.82) is 0 Å². The number of aliphatic hydroxyl groups is 1. The van der Waals surface area contributed by atoms with E-state index in [2.05, 4.69) is 0 Å². The van der Waals surface area contributed by atoms with E-state index in [1.165, 1.54) is 0 Å². The summed E-state index contributed by atoms with van der Waals surface area (Å²) in [5, 5.41) is 15.0. The van der Waals surface area contributed by atoms with Gasteiger partial charge in [0.15, 0.2) is 0 Å². The van der Waals surface area contributed by atoms with Gasteiger partial charge in [0.25, 0.3) is 0 Å². The summed E-state index contributed by atoms with van der Waals surface area (Å²) >= 11 is 0. The van der Waals surface area contributed by atoms with Gasteiger partial charge in [0, 0.05) is 0 Å². The van der Waals surface area contributed by atoms with E-state index < -0.39 is 12.6 Å². The van der Waals surface area contributed by atoms with Gasteiger partial charge < -0.3 is 10.2 Å². The molecular formula is C2H6O3Sn. The van der Waals surface area contributed by atoms with E-state index in [9.17, 15) is 0 Å². The molecule has 0 spiro atoms. The first-order valence-electron chi connectivity index (χ1n) is 1.10. The van der Waals surface area contributed by atoms with Gasteiger partial charge >= 0.3 is 29.9 Å². The van der Waals surface area contributed by atoms with Crippen LogP contribution >= 0.6 is 0 Å². The zero-order valence-electron chi connectivity index (χ0n) is 3.22. The summed E-state index contributed by atoms with van der Waals surface area (Å²) in [6.07, 6.45) is 0. The molecule has 4 heteroatoms. The Morgan fingerprint density at radius 1 is 1.67 bits per heavy atom. The van der Waals surface area contributed by atoms with Gasteiger partial charge in [-0.2, -0.15) is 0 Å². The van der Waals surface area contributed by atoms with Crippen LogP contribution in [0.5, 0.6) is 0 Å². The van der Waals surface area contributed by atoms with Crippen molar-refractivity contribution in [3.8, 4) is 0 Å². The van der Waals surface area contributed by atoms with Gasteiger partial charge in [0.2, 0.25) is 0 Å². The molecule has 0 heterocycles. The maximum absolute atomic E-state index is 9.12. The van der Waals surface area contributed by atoms with E-state index in [0.29, 0.717) is 0 Å². The van der Waals surface area contributed by atoms with Crippen LogP contribution in [-0.2, 0) is 4.79 Å². The molecule has 0 unspecified atom stereocenters. The van der Waals surface area contributed by atoms with Crippen LogP contribution in [0.2, 0.25) is 0 Å². The van der Waals surface area contributed by atoms with Gasteiger partial charge in [0.1, 0.15) is 6.61 Å². The molecule has 2 radical (unpaired) electrons. The predicted molar refractivity (Wildman–Crippen MR) is 23.3 cm³/mol. The van der Waals surface area contributed by atoms with Crippen LogP contribution < -0.4 is 0 Å². The van der Waals surface area contributed by atoms with Crippen molar-refractivity contribution < 1.29 is 15.0 Å². The van der Waals surface area contributed by atoms with E-state index in [4.69, 9.17) is 15.0 Å². The summed E-state index contributed by atoms with van der Waals surface area (Å²) in [4.78, 5) is 9.12. The molecule has 0 amide bonds. The maximum atomic E-state index is 9.12. The van der Waals surface area contributed by atoms with Gasteiger partial charge in [0.05, 0.1) is 0 Å². The van der Waals surface area contributed by atoms with Gasteiger partial charge in [-0.15, -0.1) is 0 Å². The van der Waals surface area contributed by atoms with E-state index >= 15 is 0 Å². The molecule has 0 aromatic carbocycles. The molecule has 0 aliphatic carbocycles. The molecule has 2 N–H and O–H groups in total. The fourth-order valence-corrected chi connectivity index (χ4v) is 0. The molecule has 0 atom stereocenters. The molecule has 0 fully saturated rings. The third kappa shape index (κ3) is 8.87. The summed E-state index contributed by atoms with van der Waals surface area (Å²) in [5.74, 6) is -1.19. The minimum absolute atomic E-state index is 0. The second kappa shape index (κ2) is 5.23. The number of carboxylic acids is 1. The molecule has 0 aliphatic heterocycles. The Kier molecular flexibility index (Phi) is 8.30. The first-order valence-corrected chi connectivity index (χ1v) is 1.10. The number of hydrogen-bond acceptors (Lipinski definition) is 2. The second-order valence-electron chi connectivity index (χ2n) is 0.552. The Hall–Kier alpha value is 0.229. The van der Waals surface area contributed by atoms with E-state index in [-0.39, 0.29) is 23.9 Å². The predicted octanol–water partition coefficient (Wildman–Crippen LogP) is -1.85. The third-order valence-corrected chi connectivity index (χ3v) is 0.135. The molecular weight excluding hydrogens is 191 g/mol. The van der Waals surface area contributed by atoms with E-state index in [1.807, 2.05) is 0 Å². The third-order valence-electron chi connectivity index (χ3n) is 0.135. The second-order valence-corrected chi connectivity index (χ2v) is 0.552. The number of carbonyl (C=O) groups is 1. The Morgan fingerprint density at radius 3 is 1.83 bits per heavy atom. The molecule has 0 bridgehead atoms. The fourth-order valence-electron chi connectivity index (χ4n) is 0. The number of carboxylic acid groups (broad SMARTS) is 1. The molecule has 0 saturated heterocycles. The molecule has 0 rings (SSSR count). The van der Waals surface area contributed by atoms with Crippen LogP contribution in [-0.4, -0.2) is 46.7 Å². The van der Waals surface area contributed by atoms with Gasteiger partial charge in [-0.05, 0) is 0 Å². The Morgan fingerprint density at radius 2 is 1.83 bits per heavy atom. The summed E-state index contributed by atoms with van der Waals surface area (Å²) < 4.78 is 0. The van der Waals surface area contributed by atoms with Crippen molar-refractivity contribution >= 4 is 29.9 Å². The van der Waals surface area contributed by atoms with Crippen LogP contribution in [0.25, 0.3) is 0 Å². The molecule has 36 valence electrons. The Bertz CT molecular complexity index is 44.1. The van der Waals surface area contributed by atoms with Crippen LogP contribution in [0, 0.1) is 0 Å². The van der Waals surface area contributed by atoms with Crippen LogP contribution in [0.1, 0.15) is 0 Å². The fraction of sp³-hybridized carbons (Fsp3) is 0.500. The van der Waals surface area contributed by atoms with Gasteiger partial charge in [-0.1, -0.05) is 0 Å². The zero-order chi connectivity index (χ0) is 4.28. The van der Waals surface area contributed by atoms with Crippen LogP contribution in [0.15, 0.2) is 0 Å². The van der Waals surface area contributed by atoms with Crippen LogP contribution in [0.4, 0.5) is 0 Å². The topological polar surface area (TPSA) is 57.5 Å². The molecule has 0 aliphatic rings. The first kappa shape index (κ1) is 9.52. The number of aliphatic hydroxyl groups excluding tert-OH is 1. The normalized spacial score (nSPS) is 6.17. The Labute approximate surface area is 51.9 Å². The standard InChI is InChI=1S/C2H4O3.Sn.2H/c3-1-2(4)5;;;/h3H,1H2,(H,4,5);;;. The minimum atomic E-state index is -1.19. The number of aliphatic carboxylic acids is 1. The van der Waals surface area contributed by atoms with Gasteiger partial charge in [-0.25, -0.2) is 4.79 Å². The van der Waals surface area contributed by atoms with Crippen molar-refractivity contribution in [1.82, 2.24) is 0 Å². The molecule has 6 heavy (non-hydrogen) atoms. The average molecular weight is 197 g/mol. The van der Waals surface area contributed by atoms with Crippen molar-refractivity contribution in [3.63, 3.8) is 0 Å². The summed E-state index contributed by atoms with van der Waals surface area (Å²) in [6.45, 7) is -0.778. The van der Waals surface area contributed by atoms with Crippen molar-refractivity contribution in [2.45, 2.75) is 0 Å². The van der Waals surface area contributed by atoms with Gasteiger partial charge in [-0.3, -0.25) is 0 Å². The monoisotopic (exact) mass is 198 g/mol. The molecule has 0 saturated carbocycles. The van der Waals surface area contributed by atoms with Crippen molar-refractivity contribution in [2.24, 2.45) is 0 Å². The van der Waals surface area contributed by atoms with E-state index in [0.717, 1.165) is 0 Å².